The lowest BCUT2D eigenvalue weighted by atomic mass is 10.0. The highest BCUT2D eigenvalue weighted by Gasteiger charge is 2.48. The largest absolute Gasteiger partial charge is 0.447 e. The van der Waals surface area contributed by atoms with Crippen LogP contribution in [0.2, 0.25) is 0 Å². The summed E-state index contributed by atoms with van der Waals surface area (Å²) >= 11 is 0. The molecular weight excluding hydrogens is 298 g/mol. The number of carbonyl (C=O) groups excluding carboxylic acids is 1. The minimum absolute atomic E-state index is 0.690. The van der Waals surface area contributed by atoms with E-state index in [1.54, 1.807) is 48.5 Å². The first kappa shape index (κ1) is 16.6. The number of benzene rings is 2. The van der Waals surface area contributed by atoms with Crippen LogP contribution in [0.3, 0.4) is 0 Å². The molecule has 0 heterocycles. The fourth-order valence-electron chi connectivity index (χ4n) is 2.01. The normalized spacial score (nSPS) is 13.3. The second-order valence-corrected chi connectivity index (χ2v) is 5.30. The Bertz CT molecular complexity index is 634. The van der Waals surface area contributed by atoms with Gasteiger partial charge in [-0.25, -0.2) is 4.79 Å². The summed E-state index contributed by atoms with van der Waals surface area (Å²) in [5.41, 5.74) is -0.812. The molecule has 0 unspecified atom stereocenters. The van der Waals surface area contributed by atoms with E-state index in [1.807, 2.05) is 12.1 Å². The molecular formula is C17H17NO5. The number of aliphatic hydroxyl groups is 1. The van der Waals surface area contributed by atoms with Crippen LogP contribution in [0.15, 0.2) is 60.7 Å². The van der Waals surface area contributed by atoms with E-state index >= 15 is 0 Å². The molecule has 0 radical (unpaired) electrons. The van der Waals surface area contributed by atoms with E-state index in [0.29, 0.717) is 11.1 Å². The van der Waals surface area contributed by atoms with Gasteiger partial charge in [0, 0.05) is 11.8 Å². The van der Waals surface area contributed by atoms with Crippen molar-refractivity contribution in [2.45, 2.75) is 18.6 Å². The summed E-state index contributed by atoms with van der Waals surface area (Å²) in [6.45, 7) is 0.109. The minimum Gasteiger partial charge on any atom is -0.447 e. The number of rotatable bonds is 6. The number of nitrogens with zero attached hydrogens (tertiary/aromatic N) is 1. The van der Waals surface area contributed by atoms with Crippen LogP contribution in [-0.4, -0.2) is 28.1 Å². The molecule has 23 heavy (non-hydrogen) atoms. The second kappa shape index (κ2) is 7.02. The highest BCUT2D eigenvalue weighted by molar-refractivity contribution is 5.79. The fraction of sp³-hybridized carbons (Fsp3) is 0.235. The molecule has 2 aromatic carbocycles. The van der Waals surface area contributed by atoms with Crippen LogP contribution < -0.4 is 0 Å². The first-order chi connectivity index (χ1) is 11.0. The Balaban J connectivity index is 2.37. The smallest absolute Gasteiger partial charge is 0.387 e. The van der Waals surface area contributed by atoms with Crippen molar-refractivity contribution in [1.29, 1.82) is 0 Å². The third-order valence-electron chi connectivity index (χ3n) is 3.58. The summed E-state index contributed by atoms with van der Waals surface area (Å²) in [5.74, 6) is -1.08. The SMILES string of the molecule is C[C@@](CO)(C(=O)OC(c1ccccc1)c1ccccc1)[N+](=O)[O-]. The van der Waals surface area contributed by atoms with Gasteiger partial charge in [-0.3, -0.25) is 10.1 Å². The zero-order valence-electron chi connectivity index (χ0n) is 12.6. The molecule has 0 aromatic heterocycles. The summed E-state index contributed by atoms with van der Waals surface area (Å²) in [6.07, 6.45) is -0.782. The summed E-state index contributed by atoms with van der Waals surface area (Å²) in [6, 6.07) is 17.9. The first-order valence-electron chi connectivity index (χ1n) is 7.05. The lowest BCUT2D eigenvalue weighted by Crippen LogP contribution is -2.48. The molecule has 2 rings (SSSR count). The van der Waals surface area contributed by atoms with Gasteiger partial charge in [0.1, 0.15) is 6.61 Å². The number of nitro groups is 1. The number of aliphatic hydroxyl groups excluding tert-OH is 1. The average molecular weight is 315 g/mol. The van der Waals surface area contributed by atoms with Gasteiger partial charge in [-0.15, -0.1) is 0 Å². The Kier molecular flexibility index (Phi) is 5.08. The number of carbonyl (C=O) groups is 1. The molecule has 0 aliphatic carbocycles. The van der Waals surface area contributed by atoms with Gasteiger partial charge in [-0.1, -0.05) is 60.7 Å². The van der Waals surface area contributed by atoms with Crippen LogP contribution in [0.4, 0.5) is 0 Å². The molecule has 0 spiro atoms. The molecule has 0 bridgehead atoms. The van der Waals surface area contributed by atoms with Gasteiger partial charge >= 0.3 is 11.5 Å². The van der Waals surface area contributed by atoms with Gasteiger partial charge in [-0.2, -0.15) is 0 Å². The maximum atomic E-state index is 12.3. The average Bonchev–Trinajstić information content (AvgIpc) is 2.60. The number of hydrogen-bond acceptors (Lipinski definition) is 5. The summed E-state index contributed by atoms with van der Waals surface area (Å²) in [4.78, 5) is 22.5. The zero-order valence-corrected chi connectivity index (χ0v) is 12.6. The maximum absolute atomic E-state index is 12.3. The van der Waals surface area contributed by atoms with Gasteiger partial charge < -0.3 is 9.84 Å². The lowest BCUT2D eigenvalue weighted by molar-refractivity contribution is -0.554. The lowest BCUT2D eigenvalue weighted by Gasteiger charge is -2.23. The zero-order chi connectivity index (χ0) is 16.9. The third-order valence-corrected chi connectivity index (χ3v) is 3.58. The predicted molar refractivity (Wildman–Crippen MR) is 83.3 cm³/mol. The van der Waals surface area contributed by atoms with Crippen LogP contribution in [-0.2, 0) is 9.53 Å². The number of hydrogen-bond donors (Lipinski definition) is 1. The number of esters is 1. The molecule has 0 aliphatic rings. The fourth-order valence-corrected chi connectivity index (χ4v) is 2.01. The monoisotopic (exact) mass is 315 g/mol. The Morgan fingerprint density at radius 1 is 1.13 bits per heavy atom. The van der Waals surface area contributed by atoms with E-state index in [4.69, 9.17) is 4.74 Å². The molecule has 6 heteroatoms. The number of ether oxygens (including phenoxy) is 1. The molecule has 0 aliphatic heterocycles. The standard InChI is InChI=1S/C17H17NO5/c1-17(12-19,18(21)22)16(20)23-15(13-8-4-2-5-9-13)14-10-6-3-7-11-14/h2-11,15,19H,12H2,1H3/t17-/m1/s1. The van der Waals surface area contributed by atoms with Gasteiger partial charge in [-0.05, 0) is 11.1 Å². The summed E-state index contributed by atoms with van der Waals surface area (Å²) < 4.78 is 5.40. The van der Waals surface area contributed by atoms with E-state index in [1.165, 1.54) is 0 Å². The Hall–Kier alpha value is -2.73. The van der Waals surface area contributed by atoms with Crippen molar-refractivity contribution < 1.29 is 19.6 Å². The van der Waals surface area contributed by atoms with Crippen molar-refractivity contribution in [3.8, 4) is 0 Å². The van der Waals surface area contributed by atoms with Crippen molar-refractivity contribution in [2.24, 2.45) is 0 Å². The molecule has 1 N–H and O–H groups in total. The highest BCUT2D eigenvalue weighted by atomic mass is 16.6. The van der Waals surface area contributed by atoms with Crippen LogP contribution in [0, 0.1) is 10.1 Å². The van der Waals surface area contributed by atoms with Gasteiger partial charge in [0.25, 0.3) is 0 Å². The topological polar surface area (TPSA) is 89.7 Å². The van der Waals surface area contributed by atoms with E-state index in [9.17, 15) is 20.0 Å². The maximum Gasteiger partial charge on any atom is 0.387 e. The van der Waals surface area contributed by atoms with Gasteiger partial charge in [0.2, 0.25) is 0 Å². The summed E-state index contributed by atoms with van der Waals surface area (Å²) in [7, 11) is 0. The van der Waals surface area contributed by atoms with E-state index in [2.05, 4.69) is 0 Å². The minimum atomic E-state index is -2.19. The second-order valence-electron chi connectivity index (χ2n) is 5.30. The molecule has 2 aromatic rings. The molecule has 0 amide bonds. The molecule has 120 valence electrons. The Morgan fingerprint density at radius 3 is 1.91 bits per heavy atom. The van der Waals surface area contributed by atoms with Crippen LogP contribution in [0.5, 0.6) is 0 Å². The van der Waals surface area contributed by atoms with Crippen molar-refractivity contribution in [3.05, 3.63) is 81.9 Å². The van der Waals surface area contributed by atoms with Crippen molar-refractivity contribution in [1.82, 2.24) is 0 Å². The Morgan fingerprint density at radius 2 is 1.57 bits per heavy atom. The summed E-state index contributed by atoms with van der Waals surface area (Å²) in [5, 5.41) is 20.3. The highest BCUT2D eigenvalue weighted by Crippen LogP contribution is 2.28. The van der Waals surface area contributed by atoms with Crippen molar-refractivity contribution in [2.75, 3.05) is 6.61 Å². The first-order valence-corrected chi connectivity index (χ1v) is 7.05. The quantitative estimate of drug-likeness (QED) is 0.502. The van der Waals surface area contributed by atoms with E-state index in [-0.39, 0.29) is 0 Å². The third kappa shape index (κ3) is 3.54. The Labute approximate surface area is 133 Å². The molecule has 0 saturated carbocycles. The predicted octanol–water partition coefficient (Wildman–Crippen LogP) is 2.35. The molecule has 0 fully saturated rings. The van der Waals surface area contributed by atoms with Crippen LogP contribution in [0.1, 0.15) is 24.2 Å². The van der Waals surface area contributed by atoms with Gasteiger partial charge in [0.05, 0.1) is 0 Å². The molecule has 1 atom stereocenters. The van der Waals surface area contributed by atoms with Gasteiger partial charge in [0.15, 0.2) is 6.10 Å². The molecule has 0 saturated heterocycles. The van der Waals surface area contributed by atoms with Crippen molar-refractivity contribution in [3.63, 3.8) is 0 Å². The van der Waals surface area contributed by atoms with Crippen LogP contribution >= 0.6 is 0 Å². The van der Waals surface area contributed by atoms with E-state index in [0.717, 1.165) is 6.92 Å². The molecule has 6 nitrogen and oxygen atoms in total. The van der Waals surface area contributed by atoms with Crippen LogP contribution in [0.25, 0.3) is 0 Å². The van der Waals surface area contributed by atoms with E-state index < -0.39 is 29.1 Å². The van der Waals surface area contributed by atoms with Crippen molar-refractivity contribution >= 4 is 5.97 Å².